The quantitative estimate of drug-likeness (QED) is 0.690. The van der Waals surface area contributed by atoms with E-state index in [0.717, 1.165) is 13.1 Å². The molecule has 172 valence electrons. The second kappa shape index (κ2) is 8.70. The Morgan fingerprint density at radius 2 is 1.81 bits per heavy atom. The van der Waals surface area contributed by atoms with Gasteiger partial charge in [0.05, 0.1) is 18.6 Å². The Kier molecular flexibility index (Phi) is 6.56. The number of nitrogens with zero attached hydrogens (tertiary/aromatic N) is 1. The Labute approximate surface area is 175 Å². The highest BCUT2D eigenvalue weighted by Gasteiger charge is 2.57. The Hall–Kier alpha value is -2.27. The lowest BCUT2D eigenvalue weighted by Crippen LogP contribution is -2.56. The zero-order valence-corrected chi connectivity index (χ0v) is 16.5. The van der Waals surface area contributed by atoms with Gasteiger partial charge in [-0.05, 0) is 5.56 Å². The van der Waals surface area contributed by atoms with Gasteiger partial charge in [-0.15, -0.1) is 0 Å². The van der Waals surface area contributed by atoms with E-state index in [-0.39, 0.29) is 24.7 Å². The largest absolute Gasteiger partial charge is 0.490 e. The van der Waals surface area contributed by atoms with E-state index < -0.39 is 29.5 Å². The third-order valence-electron chi connectivity index (χ3n) is 5.81. The molecule has 2 N–H and O–H groups in total. The van der Waals surface area contributed by atoms with Crippen molar-refractivity contribution in [3.63, 3.8) is 0 Å². The Morgan fingerprint density at radius 1 is 1.19 bits per heavy atom. The molecule has 0 radical (unpaired) electrons. The minimum atomic E-state index is -5.08. The van der Waals surface area contributed by atoms with Crippen LogP contribution in [-0.2, 0) is 20.9 Å². The number of halogens is 5. The molecule has 0 bridgehead atoms. The first-order valence-electron chi connectivity index (χ1n) is 9.74. The summed E-state index contributed by atoms with van der Waals surface area (Å²) in [6.45, 7) is 3.19. The normalized spacial score (nSPS) is 27.6. The Balaban J connectivity index is 0.000000339. The number of fused-ring (bicyclic) bond motifs is 1. The molecule has 1 aromatic carbocycles. The standard InChI is InChI=1S/C18H22F2N2O2.C2HF3O2/c19-18(20)6-15(7-18)21-16(23)17-11-22(9-14(17)10-24-12-17)8-13-4-2-1-3-5-13;3-2(4,5)1(6)7/h1-5,14-15H,6-12H2,(H,21,23);(H,6,7)/t14-,17-;/m1./s1. The van der Waals surface area contributed by atoms with Gasteiger partial charge in [0.25, 0.3) is 5.92 Å². The summed E-state index contributed by atoms with van der Waals surface area (Å²) in [5.41, 5.74) is 0.632. The van der Waals surface area contributed by atoms with Gasteiger partial charge in [-0.3, -0.25) is 9.69 Å². The highest BCUT2D eigenvalue weighted by Crippen LogP contribution is 2.43. The maximum atomic E-state index is 13.0. The fraction of sp³-hybridized carbons (Fsp3) is 0.600. The third-order valence-corrected chi connectivity index (χ3v) is 5.81. The fourth-order valence-electron chi connectivity index (χ4n) is 4.22. The maximum absolute atomic E-state index is 13.0. The van der Waals surface area contributed by atoms with E-state index in [1.165, 1.54) is 5.56 Å². The van der Waals surface area contributed by atoms with E-state index in [2.05, 4.69) is 22.3 Å². The highest BCUT2D eigenvalue weighted by atomic mass is 19.4. The second-order valence-electron chi connectivity index (χ2n) is 8.26. The number of hydrogen-bond donors (Lipinski definition) is 2. The van der Waals surface area contributed by atoms with Gasteiger partial charge in [-0.25, -0.2) is 13.6 Å². The molecule has 31 heavy (non-hydrogen) atoms. The van der Waals surface area contributed by atoms with Gasteiger partial charge < -0.3 is 15.2 Å². The predicted molar refractivity (Wildman–Crippen MR) is 98.3 cm³/mol. The smallest absolute Gasteiger partial charge is 0.475 e. The summed E-state index contributed by atoms with van der Waals surface area (Å²) in [6, 6.07) is 9.76. The van der Waals surface area contributed by atoms with Crippen molar-refractivity contribution in [2.24, 2.45) is 11.3 Å². The first-order chi connectivity index (χ1) is 14.4. The lowest BCUT2D eigenvalue weighted by Gasteiger charge is -2.38. The van der Waals surface area contributed by atoms with Crippen molar-refractivity contribution in [2.75, 3.05) is 26.3 Å². The number of nitrogens with one attached hydrogen (secondary N) is 1. The lowest BCUT2D eigenvalue weighted by molar-refractivity contribution is -0.192. The number of carbonyl (C=O) groups excluding carboxylic acids is 1. The van der Waals surface area contributed by atoms with Crippen molar-refractivity contribution in [1.82, 2.24) is 10.2 Å². The first kappa shape index (κ1) is 23.4. The summed E-state index contributed by atoms with van der Waals surface area (Å²) < 4.78 is 63.3. The van der Waals surface area contributed by atoms with Crippen LogP contribution in [0.25, 0.3) is 0 Å². The van der Waals surface area contributed by atoms with Crippen LogP contribution in [0.2, 0.25) is 0 Å². The van der Waals surface area contributed by atoms with E-state index >= 15 is 0 Å². The van der Waals surface area contributed by atoms with Crippen LogP contribution in [-0.4, -0.2) is 66.3 Å². The minimum Gasteiger partial charge on any atom is -0.475 e. The molecule has 3 aliphatic rings. The number of amides is 1. The van der Waals surface area contributed by atoms with Crippen molar-refractivity contribution in [3.8, 4) is 0 Å². The zero-order chi connectivity index (χ0) is 22.9. The SMILES string of the molecule is O=C(NC1CC(F)(F)C1)[C@]12COC[C@H]1CN(Cc1ccccc1)C2.O=C(O)C(F)(F)F. The molecule has 4 rings (SSSR count). The molecular formula is C20H23F5N2O4. The average molecular weight is 450 g/mol. The van der Waals surface area contributed by atoms with Gasteiger partial charge in [0.2, 0.25) is 5.91 Å². The molecule has 1 amide bonds. The highest BCUT2D eigenvalue weighted by molar-refractivity contribution is 5.84. The summed E-state index contributed by atoms with van der Waals surface area (Å²) in [5.74, 6) is -5.34. The molecule has 2 atom stereocenters. The van der Waals surface area contributed by atoms with Crippen molar-refractivity contribution >= 4 is 11.9 Å². The lowest BCUT2D eigenvalue weighted by atomic mass is 9.79. The van der Waals surface area contributed by atoms with E-state index in [1.807, 2.05) is 18.2 Å². The Morgan fingerprint density at radius 3 is 2.35 bits per heavy atom. The number of aliphatic carboxylic acids is 1. The van der Waals surface area contributed by atoms with E-state index in [0.29, 0.717) is 19.8 Å². The molecule has 3 fully saturated rings. The molecule has 1 saturated carbocycles. The average Bonchev–Trinajstić information content (AvgIpc) is 3.18. The number of alkyl halides is 5. The van der Waals surface area contributed by atoms with Crippen LogP contribution in [0.1, 0.15) is 18.4 Å². The van der Waals surface area contributed by atoms with E-state index in [9.17, 15) is 26.7 Å². The van der Waals surface area contributed by atoms with E-state index in [4.69, 9.17) is 14.6 Å². The number of benzene rings is 1. The molecule has 11 heteroatoms. The van der Waals surface area contributed by atoms with Crippen molar-refractivity contribution < 1.29 is 41.4 Å². The topological polar surface area (TPSA) is 78.9 Å². The molecule has 0 unspecified atom stereocenters. The van der Waals surface area contributed by atoms with Gasteiger partial charge >= 0.3 is 12.1 Å². The van der Waals surface area contributed by atoms with Gasteiger partial charge in [0, 0.05) is 44.4 Å². The summed E-state index contributed by atoms with van der Waals surface area (Å²) in [4.78, 5) is 24.0. The van der Waals surface area contributed by atoms with Crippen LogP contribution in [0.3, 0.4) is 0 Å². The van der Waals surface area contributed by atoms with Crippen molar-refractivity contribution in [2.45, 2.75) is 37.5 Å². The predicted octanol–water partition coefficient (Wildman–Crippen LogP) is 2.68. The van der Waals surface area contributed by atoms with Crippen LogP contribution in [0.15, 0.2) is 30.3 Å². The summed E-state index contributed by atoms with van der Waals surface area (Å²) >= 11 is 0. The molecular weight excluding hydrogens is 427 g/mol. The van der Waals surface area contributed by atoms with Gasteiger partial charge in [-0.2, -0.15) is 13.2 Å². The molecule has 6 nitrogen and oxygen atoms in total. The molecule has 0 spiro atoms. The van der Waals surface area contributed by atoms with Crippen molar-refractivity contribution in [3.05, 3.63) is 35.9 Å². The van der Waals surface area contributed by atoms with Gasteiger partial charge in [-0.1, -0.05) is 30.3 Å². The fourth-order valence-corrected chi connectivity index (χ4v) is 4.22. The van der Waals surface area contributed by atoms with Crippen LogP contribution < -0.4 is 5.32 Å². The summed E-state index contributed by atoms with van der Waals surface area (Å²) in [6.07, 6.45) is -5.57. The summed E-state index contributed by atoms with van der Waals surface area (Å²) in [7, 11) is 0. The van der Waals surface area contributed by atoms with Crippen LogP contribution in [0.4, 0.5) is 22.0 Å². The monoisotopic (exact) mass is 450 g/mol. The first-order valence-corrected chi connectivity index (χ1v) is 9.74. The molecule has 1 aliphatic carbocycles. The van der Waals surface area contributed by atoms with E-state index in [1.54, 1.807) is 0 Å². The van der Waals surface area contributed by atoms with Crippen LogP contribution >= 0.6 is 0 Å². The van der Waals surface area contributed by atoms with Gasteiger partial charge in [0.1, 0.15) is 0 Å². The Bertz CT molecular complexity index is 797. The molecule has 2 heterocycles. The number of carboxylic acid groups (broad SMARTS) is 1. The van der Waals surface area contributed by atoms with Crippen LogP contribution in [0.5, 0.6) is 0 Å². The molecule has 2 aliphatic heterocycles. The van der Waals surface area contributed by atoms with Crippen LogP contribution in [0, 0.1) is 11.3 Å². The number of carbonyl (C=O) groups is 2. The number of rotatable bonds is 4. The summed E-state index contributed by atoms with van der Waals surface area (Å²) in [5, 5.41) is 9.96. The number of carboxylic acids is 1. The number of ether oxygens (including phenoxy) is 1. The molecule has 2 saturated heterocycles. The van der Waals surface area contributed by atoms with Gasteiger partial charge in [0.15, 0.2) is 0 Å². The number of likely N-dealkylation sites (tertiary alicyclic amines) is 1. The molecule has 0 aromatic heterocycles. The molecule has 1 aromatic rings. The zero-order valence-electron chi connectivity index (χ0n) is 16.5. The van der Waals surface area contributed by atoms with Crippen molar-refractivity contribution in [1.29, 1.82) is 0 Å². The third kappa shape index (κ3) is 5.51. The maximum Gasteiger partial charge on any atom is 0.490 e. The minimum absolute atomic E-state index is 0.110. The second-order valence-corrected chi connectivity index (χ2v) is 8.26. The number of hydrogen-bond acceptors (Lipinski definition) is 4.